The lowest BCUT2D eigenvalue weighted by Gasteiger charge is -2.06. The van der Waals surface area contributed by atoms with E-state index in [1.165, 1.54) is 16.9 Å². The first-order chi connectivity index (χ1) is 12.0. The quantitative estimate of drug-likeness (QED) is 0.522. The molecule has 3 rings (SSSR count). The molecule has 1 aromatic heterocycles. The van der Waals surface area contributed by atoms with E-state index in [9.17, 15) is 4.79 Å². The van der Waals surface area contributed by atoms with E-state index in [2.05, 4.69) is 4.98 Å². The molecular formula is C19H15Cl2NO2S. The Labute approximate surface area is 160 Å². The summed E-state index contributed by atoms with van der Waals surface area (Å²) in [6, 6.07) is 13.3. The molecule has 0 bridgehead atoms. The summed E-state index contributed by atoms with van der Waals surface area (Å²) >= 11 is 13.7. The van der Waals surface area contributed by atoms with Gasteiger partial charge in [0, 0.05) is 26.6 Å². The van der Waals surface area contributed by atoms with Crippen molar-refractivity contribution < 1.29 is 9.53 Å². The maximum Gasteiger partial charge on any atom is 0.310 e. The molecule has 2 aromatic carbocycles. The monoisotopic (exact) mass is 391 g/mol. The second-order valence-corrected chi connectivity index (χ2v) is 7.22. The van der Waals surface area contributed by atoms with E-state index in [0.717, 1.165) is 16.3 Å². The molecule has 0 unspecified atom stereocenters. The first-order valence-corrected chi connectivity index (χ1v) is 9.26. The lowest BCUT2D eigenvalue weighted by molar-refractivity contribution is -0.144. The Bertz CT molecular complexity index is 870. The number of ether oxygens (including phenoxy) is 1. The molecule has 0 N–H and O–H groups in total. The van der Waals surface area contributed by atoms with Gasteiger partial charge in [-0.15, -0.1) is 11.3 Å². The number of halogens is 2. The normalized spacial score (nSPS) is 10.7. The number of carbonyl (C=O) groups excluding carboxylic acids is 1. The van der Waals surface area contributed by atoms with Gasteiger partial charge < -0.3 is 4.74 Å². The average Bonchev–Trinajstić information content (AvgIpc) is 3.06. The van der Waals surface area contributed by atoms with E-state index < -0.39 is 0 Å². The van der Waals surface area contributed by atoms with Crippen LogP contribution in [0.4, 0.5) is 0 Å². The van der Waals surface area contributed by atoms with Gasteiger partial charge in [0.1, 0.15) is 11.6 Å². The molecule has 0 spiro atoms. The number of hydrogen-bond acceptors (Lipinski definition) is 4. The molecule has 0 fully saturated rings. The minimum atomic E-state index is -0.389. The standard InChI is InChI=1S/C19H15Cl2NO2S/c1-12-5-7-13(8-6-12)19-22-14(11-25-19)10-24-18(23)9-15-16(20)3-2-4-17(15)21/h2-8,11H,9-10H2,1H3. The van der Waals surface area contributed by atoms with Gasteiger partial charge in [0.25, 0.3) is 0 Å². The molecule has 1 heterocycles. The number of carbonyl (C=O) groups is 1. The number of thiazole rings is 1. The Morgan fingerprint density at radius 3 is 2.48 bits per heavy atom. The number of aromatic nitrogens is 1. The molecule has 0 amide bonds. The fraction of sp³-hybridized carbons (Fsp3) is 0.158. The second-order valence-electron chi connectivity index (χ2n) is 5.55. The van der Waals surface area contributed by atoms with Crippen LogP contribution >= 0.6 is 34.5 Å². The zero-order valence-corrected chi connectivity index (χ0v) is 15.8. The van der Waals surface area contributed by atoms with Gasteiger partial charge in [-0.2, -0.15) is 0 Å². The molecular weight excluding hydrogens is 377 g/mol. The van der Waals surface area contributed by atoms with E-state index in [-0.39, 0.29) is 19.0 Å². The number of aryl methyl sites for hydroxylation is 1. The van der Waals surface area contributed by atoms with Gasteiger partial charge in [-0.05, 0) is 19.1 Å². The van der Waals surface area contributed by atoms with Crippen molar-refractivity contribution in [3.8, 4) is 10.6 Å². The lowest BCUT2D eigenvalue weighted by atomic mass is 10.1. The van der Waals surface area contributed by atoms with E-state index >= 15 is 0 Å². The maximum atomic E-state index is 12.0. The number of esters is 1. The minimum absolute atomic E-state index is 0.0352. The molecule has 6 heteroatoms. The fourth-order valence-electron chi connectivity index (χ4n) is 2.25. The Kier molecular flexibility index (Phi) is 5.74. The van der Waals surface area contributed by atoms with Crippen molar-refractivity contribution in [3.05, 3.63) is 74.7 Å². The zero-order valence-electron chi connectivity index (χ0n) is 13.5. The van der Waals surface area contributed by atoms with Crippen LogP contribution < -0.4 is 0 Å². The summed E-state index contributed by atoms with van der Waals surface area (Å²) in [5.41, 5.74) is 3.55. The number of benzene rings is 2. The summed E-state index contributed by atoms with van der Waals surface area (Å²) < 4.78 is 5.30. The van der Waals surface area contributed by atoms with Gasteiger partial charge in [0.2, 0.25) is 0 Å². The van der Waals surface area contributed by atoms with Crippen LogP contribution in [-0.4, -0.2) is 11.0 Å². The molecule has 0 atom stereocenters. The molecule has 3 aromatic rings. The van der Waals surface area contributed by atoms with E-state index in [1.807, 2.05) is 36.6 Å². The summed E-state index contributed by atoms with van der Waals surface area (Å²) in [5.74, 6) is -0.389. The smallest absolute Gasteiger partial charge is 0.310 e. The first-order valence-electron chi connectivity index (χ1n) is 7.63. The van der Waals surface area contributed by atoms with Gasteiger partial charge in [0.15, 0.2) is 0 Å². The second kappa shape index (κ2) is 8.00. The largest absolute Gasteiger partial charge is 0.459 e. The lowest BCUT2D eigenvalue weighted by Crippen LogP contribution is -2.09. The minimum Gasteiger partial charge on any atom is -0.459 e. The highest BCUT2D eigenvalue weighted by Crippen LogP contribution is 2.26. The molecule has 25 heavy (non-hydrogen) atoms. The van der Waals surface area contributed by atoms with E-state index in [1.54, 1.807) is 18.2 Å². The maximum absolute atomic E-state index is 12.0. The molecule has 0 radical (unpaired) electrons. The zero-order chi connectivity index (χ0) is 17.8. The van der Waals surface area contributed by atoms with Crippen LogP contribution in [0.15, 0.2) is 47.8 Å². The van der Waals surface area contributed by atoms with Gasteiger partial charge in [0.05, 0.1) is 12.1 Å². The summed E-state index contributed by atoms with van der Waals surface area (Å²) in [5, 5.41) is 3.71. The van der Waals surface area contributed by atoms with Crippen LogP contribution in [0.2, 0.25) is 10.0 Å². The SMILES string of the molecule is Cc1ccc(-c2nc(COC(=O)Cc3c(Cl)cccc3Cl)cs2)cc1. The first kappa shape index (κ1) is 17.9. The van der Waals surface area contributed by atoms with Gasteiger partial charge in [-0.3, -0.25) is 4.79 Å². The van der Waals surface area contributed by atoms with Crippen molar-refractivity contribution in [3.63, 3.8) is 0 Å². The number of rotatable bonds is 5. The summed E-state index contributed by atoms with van der Waals surface area (Å²) in [6.45, 7) is 2.17. The summed E-state index contributed by atoms with van der Waals surface area (Å²) in [4.78, 5) is 16.6. The molecule has 0 aliphatic carbocycles. The van der Waals surface area contributed by atoms with Crippen LogP contribution in [0.5, 0.6) is 0 Å². The third-order valence-electron chi connectivity index (χ3n) is 3.61. The van der Waals surface area contributed by atoms with Crippen LogP contribution in [0, 0.1) is 6.92 Å². The van der Waals surface area contributed by atoms with Crippen LogP contribution in [-0.2, 0) is 22.6 Å². The molecule has 0 saturated heterocycles. The fourth-order valence-corrected chi connectivity index (χ4v) is 3.59. The number of hydrogen-bond donors (Lipinski definition) is 0. The third kappa shape index (κ3) is 4.60. The van der Waals surface area contributed by atoms with E-state index in [4.69, 9.17) is 27.9 Å². The van der Waals surface area contributed by atoms with Crippen molar-refractivity contribution in [1.29, 1.82) is 0 Å². The van der Waals surface area contributed by atoms with Crippen molar-refractivity contribution >= 4 is 40.5 Å². The third-order valence-corrected chi connectivity index (χ3v) is 5.26. The van der Waals surface area contributed by atoms with Gasteiger partial charge in [-0.1, -0.05) is 59.1 Å². The Balaban J connectivity index is 1.60. The van der Waals surface area contributed by atoms with Gasteiger partial charge >= 0.3 is 5.97 Å². The highest BCUT2D eigenvalue weighted by Gasteiger charge is 2.13. The highest BCUT2D eigenvalue weighted by atomic mass is 35.5. The van der Waals surface area contributed by atoms with Crippen molar-refractivity contribution in [2.75, 3.05) is 0 Å². The van der Waals surface area contributed by atoms with Crippen LogP contribution in [0.1, 0.15) is 16.8 Å². The summed E-state index contributed by atoms with van der Waals surface area (Å²) in [7, 11) is 0. The van der Waals surface area contributed by atoms with Gasteiger partial charge in [-0.25, -0.2) is 4.98 Å². The predicted octanol–water partition coefficient (Wildman–Crippen LogP) is 5.71. The highest BCUT2D eigenvalue weighted by molar-refractivity contribution is 7.13. The Morgan fingerprint density at radius 2 is 1.80 bits per heavy atom. The van der Waals surface area contributed by atoms with Crippen LogP contribution in [0.3, 0.4) is 0 Å². The van der Waals surface area contributed by atoms with Crippen LogP contribution in [0.25, 0.3) is 10.6 Å². The predicted molar refractivity (Wildman–Crippen MR) is 102 cm³/mol. The average molecular weight is 392 g/mol. The Morgan fingerprint density at radius 1 is 1.12 bits per heavy atom. The van der Waals surface area contributed by atoms with Crippen molar-refractivity contribution in [1.82, 2.24) is 4.98 Å². The molecule has 0 saturated carbocycles. The molecule has 3 nitrogen and oxygen atoms in total. The van der Waals surface area contributed by atoms with Crippen molar-refractivity contribution in [2.45, 2.75) is 20.0 Å². The molecule has 128 valence electrons. The Hall–Kier alpha value is -1.88. The van der Waals surface area contributed by atoms with E-state index in [0.29, 0.717) is 15.6 Å². The molecule has 0 aliphatic rings. The topological polar surface area (TPSA) is 39.2 Å². The van der Waals surface area contributed by atoms with Crippen molar-refractivity contribution in [2.24, 2.45) is 0 Å². The molecule has 0 aliphatic heterocycles. The number of nitrogens with zero attached hydrogens (tertiary/aromatic N) is 1. The summed E-state index contributed by atoms with van der Waals surface area (Å²) in [6.07, 6.45) is 0.0352.